The van der Waals surface area contributed by atoms with Gasteiger partial charge >= 0.3 is 0 Å². The van der Waals surface area contributed by atoms with Crippen molar-refractivity contribution < 1.29 is 17.9 Å². The topological polar surface area (TPSA) is 90.7 Å². The first-order valence-corrected chi connectivity index (χ1v) is 7.72. The number of para-hydroxylation sites is 1. The van der Waals surface area contributed by atoms with E-state index in [-0.39, 0.29) is 4.90 Å². The minimum absolute atomic E-state index is 0.123. The van der Waals surface area contributed by atoms with Crippen molar-refractivity contribution >= 4 is 10.0 Å². The smallest absolute Gasteiger partial charge is 0.244 e. The lowest BCUT2D eigenvalue weighted by atomic mass is 10.3. The van der Waals surface area contributed by atoms with Crippen molar-refractivity contribution in [3.8, 4) is 11.5 Å². The Balaban J connectivity index is 2.16. The molecule has 0 aliphatic carbocycles. The van der Waals surface area contributed by atoms with Crippen LogP contribution < -0.4 is 19.9 Å². The lowest BCUT2D eigenvalue weighted by Crippen LogP contribution is -2.27. The Morgan fingerprint density at radius 3 is 2.79 bits per heavy atom. The molecular formula is C12H18N2O4S. The third kappa shape index (κ3) is 3.37. The van der Waals surface area contributed by atoms with Gasteiger partial charge in [0.25, 0.3) is 0 Å². The molecule has 1 heterocycles. The fraction of sp³-hybridized carbons (Fsp3) is 0.500. The largest absolute Gasteiger partial charge is 0.486 e. The Hall–Kier alpha value is -1.31. The molecular weight excluding hydrogens is 268 g/mol. The second-order valence-electron chi connectivity index (χ2n) is 4.17. The van der Waals surface area contributed by atoms with Crippen LogP contribution in [0.1, 0.15) is 12.8 Å². The fourth-order valence-electron chi connectivity index (χ4n) is 1.81. The highest BCUT2D eigenvalue weighted by atomic mass is 32.2. The van der Waals surface area contributed by atoms with E-state index in [2.05, 4.69) is 4.72 Å². The number of unbranched alkanes of at least 4 members (excludes halogenated alkanes) is 1. The van der Waals surface area contributed by atoms with Crippen molar-refractivity contribution in [1.82, 2.24) is 4.72 Å². The summed E-state index contributed by atoms with van der Waals surface area (Å²) in [6, 6.07) is 4.85. The van der Waals surface area contributed by atoms with Gasteiger partial charge in [-0.05, 0) is 31.5 Å². The lowest BCUT2D eigenvalue weighted by molar-refractivity contribution is 0.167. The Bertz CT molecular complexity index is 531. The van der Waals surface area contributed by atoms with Crippen molar-refractivity contribution in [2.24, 2.45) is 5.73 Å². The van der Waals surface area contributed by atoms with Crippen LogP contribution in [0.15, 0.2) is 23.1 Å². The molecule has 0 saturated carbocycles. The molecule has 3 N–H and O–H groups in total. The van der Waals surface area contributed by atoms with Crippen molar-refractivity contribution in [2.45, 2.75) is 17.7 Å². The van der Waals surface area contributed by atoms with E-state index in [1.165, 1.54) is 6.07 Å². The summed E-state index contributed by atoms with van der Waals surface area (Å²) in [7, 11) is -3.58. The highest BCUT2D eigenvalue weighted by molar-refractivity contribution is 7.89. The van der Waals surface area contributed by atoms with Gasteiger partial charge in [0.2, 0.25) is 10.0 Å². The maximum atomic E-state index is 12.2. The van der Waals surface area contributed by atoms with Gasteiger partial charge in [-0.15, -0.1) is 0 Å². The summed E-state index contributed by atoms with van der Waals surface area (Å²) in [5, 5.41) is 0. The zero-order chi connectivity index (χ0) is 13.7. The molecule has 1 aliphatic rings. The number of benzene rings is 1. The van der Waals surface area contributed by atoms with Crippen LogP contribution in [0.5, 0.6) is 11.5 Å². The summed E-state index contributed by atoms with van der Waals surface area (Å²) in [5.74, 6) is 0.760. The summed E-state index contributed by atoms with van der Waals surface area (Å²) in [5.41, 5.74) is 5.37. The summed E-state index contributed by atoms with van der Waals surface area (Å²) in [6.45, 7) is 1.70. The van der Waals surface area contributed by atoms with Crippen LogP contribution in [-0.2, 0) is 10.0 Å². The van der Waals surface area contributed by atoms with E-state index in [1.807, 2.05) is 0 Å². The molecule has 0 saturated heterocycles. The van der Waals surface area contributed by atoms with Crippen LogP contribution >= 0.6 is 0 Å². The third-order valence-corrected chi connectivity index (χ3v) is 4.23. The molecule has 1 aromatic carbocycles. The Kier molecular flexibility index (Phi) is 4.62. The van der Waals surface area contributed by atoms with Crippen molar-refractivity contribution in [3.05, 3.63) is 18.2 Å². The van der Waals surface area contributed by atoms with Gasteiger partial charge in [0.1, 0.15) is 18.1 Å². The lowest BCUT2D eigenvalue weighted by Gasteiger charge is -2.20. The van der Waals surface area contributed by atoms with Gasteiger partial charge in [-0.2, -0.15) is 0 Å². The van der Waals surface area contributed by atoms with Crippen LogP contribution in [0.25, 0.3) is 0 Å². The zero-order valence-corrected chi connectivity index (χ0v) is 11.4. The molecule has 7 heteroatoms. The van der Waals surface area contributed by atoms with Crippen LogP contribution in [0.2, 0.25) is 0 Å². The molecule has 19 heavy (non-hydrogen) atoms. The fourth-order valence-corrected chi connectivity index (χ4v) is 3.04. The van der Waals surface area contributed by atoms with Gasteiger partial charge in [0.05, 0.1) is 0 Å². The number of sulfonamides is 1. The SMILES string of the molecule is NCCCCNS(=O)(=O)c1cccc2c1OCCO2. The van der Waals surface area contributed by atoms with E-state index in [0.29, 0.717) is 44.2 Å². The number of nitrogens with one attached hydrogen (secondary N) is 1. The maximum absolute atomic E-state index is 12.2. The summed E-state index contributed by atoms with van der Waals surface area (Å²) >= 11 is 0. The summed E-state index contributed by atoms with van der Waals surface area (Å²) in [4.78, 5) is 0.123. The molecule has 1 aromatic rings. The quantitative estimate of drug-likeness (QED) is 0.742. The highest BCUT2D eigenvalue weighted by Gasteiger charge is 2.24. The van der Waals surface area contributed by atoms with Crippen molar-refractivity contribution in [2.75, 3.05) is 26.3 Å². The molecule has 0 unspecified atom stereocenters. The average Bonchev–Trinajstić information content (AvgIpc) is 2.43. The first-order valence-electron chi connectivity index (χ1n) is 6.23. The normalized spacial score (nSPS) is 14.4. The molecule has 6 nitrogen and oxygen atoms in total. The first-order chi connectivity index (χ1) is 9.15. The van der Waals surface area contributed by atoms with Crippen LogP contribution in [0, 0.1) is 0 Å². The monoisotopic (exact) mass is 286 g/mol. The standard InChI is InChI=1S/C12H18N2O4S/c13-6-1-2-7-14-19(15,16)11-5-3-4-10-12(11)18-9-8-17-10/h3-5,14H,1-2,6-9,13H2. The summed E-state index contributed by atoms with van der Waals surface area (Å²) in [6.07, 6.45) is 1.50. The van der Waals surface area contributed by atoms with E-state index in [0.717, 1.165) is 6.42 Å². The Labute approximate surface area is 112 Å². The van der Waals surface area contributed by atoms with Gasteiger partial charge in [-0.3, -0.25) is 0 Å². The number of rotatable bonds is 6. The van der Waals surface area contributed by atoms with E-state index in [1.54, 1.807) is 12.1 Å². The second kappa shape index (κ2) is 6.23. The molecule has 0 spiro atoms. The van der Waals surface area contributed by atoms with E-state index in [4.69, 9.17) is 15.2 Å². The first kappa shape index (κ1) is 14.1. The highest BCUT2D eigenvalue weighted by Crippen LogP contribution is 2.36. The van der Waals surface area contributed by atoms with Gasteiger partial charge in [-0.25, -0.2) is 13.1 Å². The minimum Gasteiger partial charge on any atom is -0.486 e. The molecule has 0 bridgehead atoms. The molecule has 0 fully saturated rings. The molecule has 1 aliphatic heterocycles. The number of ether oxygens (including phenoxy) is 2. The number of fused-ring (bicyclic) bond motifs is 1. The van der Waals surface area contributed by atoms with Gasteiger partial charge < -0.3 is 15.2 Å². The predicted molar refractivity (Wildman–Crippen MR) is 70.9 cm³/mol. The second-order valence-corrected chi connectivity index (χ2v) is 5.91. The van der Waals surface area contributed by atoms with Crippen LogP contribution in [0.3, 0.4) is 0 Å². The molecule has 0 atom stereocenters. The minimum atomic E-state index is -3.58. The molecule has 2 rings (SSSR count). The van der Waals surface area contributed by atoms with Gasteiger partial charge in [-0.1, -0.05) is 6.07 Å². The number of hydrogen-bond donors (Lipinski definition) is 2. The molecule has 0 aromatic heterocycles. The van der Waals surface area contributed by atoms with E-state index >= 15 is 0 Å². The van der Waals surface area contributed by atoms with Crippen molar-refractivity contribution in [3.63, 3.8) is 0 Å². The predicted octanol–water partition coefficient (Wildman–Crippen LogP) is 0.475. The maximum Gasteiger partial charge on any atom is 0.244 e. The van der Waals surface area contributed by atoms with E-state index in [9.17, 15) is 8.42 Å². The van der Waals surface area contributed by atoms with Gasteiger partial charge in [0, 0.05) is 6.54 Å². The average molecular weight is 286 g/mol. The molecule has 106 valence electrons. The number of hydrogen-bond acceptors (Lipinski definition) is 5. The van der Waals surface area contributed by atoms with Crippen molar-refractivity contribution in [1.29, 1.82) is 0 Å². The third-order valence-electron chi connectivity index (χ3n) is 2.74. The van der Waals surface area contributed by atoms with E-state index < -0.39 is 10.0 Å². The van der Waals surface area contributed by atoms with Crippen LogP contribution in [0.4, 0.5) is 0 Å². The zero-order valence-electron chi connectivity index (χ0n) is 10.6. The number of nitrogens with two attached hydrogens (primary N) is 1. The Morgan fingerprint density at radius 1 is 1.21 bits per heavy atom. The summed E-state index contributed by atoms with van der Waals surface area (Å²) < 4.78 is 37.7. The van der Waals surface area contributed by atoms with Gasteiger partial charge in [0.15, 0.2) is 11.5 Å². The molecule has 0 amide bonds. The van der Waals surface area contributed by atoms with Crippen LogP contribution in [-0.4, -0.2) is 34.7 Å². The molecule has 0 radical (unpaired) electrons. The Morgan fingerprint density at radius 2 is 2.00 bits per heavy atom.